The summed E-state index contributed by atoms with van der Waals surface area (Å²) in [5.41, 5.74) is 6.74. The number of hydrogen-bond acceptors (Lipinski definition) is 8. The molecule has 0 unspecified atom stereocenters. The van der Waals surface area contributed by atoms with Crippen LogP contribution >= 0.6 is 11.6 Å². The number of nitrogens with zero attached hydrogens (tertiary/aromatic N) is 3. The van der Waals surface area contributed by atoms with Gasteiger partial charge in [-0.05, 0) is 67.9 Å². The van der Waals surface area contributed by atoms with Crippen LogP contribution < -0.4 is 32.3 Å². The zero-order chi connectivity index (χ0) is 39.9. The topological polar surface area (TPSA) is 246 Å². The van der Waals surface area contributed by atoms with Gasteiger partial charge in [0.15, 0.2) is 5.96 Å². The third-order valence-electron chi connectivity index (χ3n) is 8.68. The summed E-state index contributed by atoms with van der Waals surface area (Å²) < 4.78 is 1.46. The SMILES string of the molecule is CC[C@H](C)[C@H](NC(=O)[C@H](CC(C)C)NC(=O)[C@H](CCCNC(=N)N)NC(=O)c1nc(C)n(-c2ccc(Cl)cc2)n1)C(=O)N[C@@H](Cc1ccccc1)C(=O)O. The Morgan fingerprint density at radius 2 is 1.52 bits per heavy atom. The van der Waals surface area contributed by atoms with Gasteiger partial charge in [-0.1, -0.05) is 76.0 Å². The van der Waals surface area contributed by atoms with Crippen molar-refractivity contribution in [2.75, 3.05) is 6.54 Å². The summed E-state index contributed by atoms with van der Waals surface area (Å²) in [5.74, 6) is -4.42. The summed E-state index contributed by atoms with van der Waals surface area (Å²) in [6, 6.07) is 11.0. The molecule has 5 atom stereocenters. The van der Waals surface area contributed by atoms with E-state index < -0.39 is 53.8 Å². The first-order chi connectivity index (χ1) is 25.6. The van der Waals surface area contributed by atoms with Crippen molar-refractivity contribution in [3.8, 4) is 5.69 Å². The molecule has 0 saturated carbocycles. The molecule has 9 N–H and O–H groups in total. The summed E-state index contributed by atoms with van der Waals surface area (Å²) in [7, 11) is 0. The molecular formula is C37H51ClN10O6. The van der Waals surface area contributed by atoms with Gasteiger partial charge in [-0.15, -0.1) is 5.10 Å². The standard InChI is InChI=1S/C37H51ClN10O6/c1-6-22(4)30(34(51)45-29(36(53)54)20-24-11-8-7-9-12-24)46-33(50)28(19-21(2)3)44-32(49)27(13-10-18-41-37(39)40)43-35(52)31-42-23(5)48(47-31)26-16-14-25(38)15-17-26/h7-9,11-12,14-17,21-22,27-30H,6,10,13,18-20H2,1-5H3,(H,43,52)(H,44,49)(H,45,51)(H,46,50)(H,53,54)(H4,39,40,41)/t22-,27-,28-,29-,30-/m0/s1. The maximum Gasteiger partial charge on any atom is 0.326 e. The predicted molar refractivity (Wildman–Crippen MR) is 204 cm³/mol. The van der Waals surface area contributed by atoms with Gasteiger partial charge in [0, 0.05) is 18.0 Å². The van der Waals surface area contributed by atoms with E-state index in [1.165, 1.54) is 4.68 Å². The number of carbonyl (C=O) groups is 5. The van der Waals surface area contributed by atoms with Crippen molar-refractivity contribution in [3.05, 3.63) is 76.8 Å². The van der Waals surface area contributed by atoms with Gasteiger partial charge in [-0.3, -0.25) is 24.6 Å². The Balaban J connectivity index is 1.81. The lowest BCUT2D eigenvalue weighted by atomic mass is 9.96. The summed E-state index contributed by atoms with van der Waals surface area (Å²) in [5, 5.41) is 35.6. The molecule has 17 heteroatoms. The third-order valence-corrected chi connectivity index (χ3v) is 8.93. The molecule has 0 aliphatic heterocycles. The summed E-state index contributed by atoms with van der Waals surface area (Å²) in [6.45, 7) is 9.24. The molecule has 0 aliphatic carbocycles. The van der Waals surface area contributed by atoms with Crippen LogP contribution in [0.15, 0.2) is 54.6 Å². The molecule has 16 nitrogen and oxygen atoms in total. The monoisotopic (exact) mass is 766 g/mol. The number of rotatable bonds is 20. The van der Waals surface area contributed by atoms with Gasteiger partial charge >= 0.3 is 5.97 Å². The van der Waals surface area contributed by atoms with Crippen molar-refractivity contribution in [2.45, 2.75) is 90.9 Å². The van der Waals surface area contributed by atoms with E-state index in [1.54, 1.807) is 68.4 Å². The molecule has 292 valence electrons. The van der Waals surface area contributed by atoms with Crippen molar-refractivity contribution in [1.82, 2.24) is 41.3 Å². The molecule has 1 heterocycles. The van der Waals surface area contributed by atoms with Gasteiger partial charge in [0.1, 0.15) is 30.0 Å². The van der Waals surface area contributed by atoms with E-state index in [2.05, 4.69) is 36.7 Å². The highest BCUT2D eigenvalue weighted by Gasteiger charge is 2.34. The zero-order valence-corrected chi connectivity index (χ0v) is 31.9. The first-order valence-corrected chi connectivity index (χ1v) is 18.2. The summed E-state index contributed by atoms with van der Waals surface area (Å²) in [4.78, 5) is 71.1. The van der Waals surface area contributed by atoms with E-state index in [0.717, 1.165) is 0 Å². The molecule has 54 heavy (non-hydrogen) atoms. The third kappa shape index (κ3) is 13.2. The van der Waals surface area contributed by atoms with E-state index in [4.69, 9.17) is 22.7 Å². The second-order valence-electron chi connectivity index (χ2n) is 13.5. The molecule has 4 amide bonds. The number of halogens is 1. The fourth-order valence-corrected chi connectivity index (χ4v) is 5.70. The quantitative estimate of drug-likeness (QED) is 0.0474. The zero-order valence-electron chi connectivity index (χ0n) is 31.2. The fraction of sp³-hybridized carbons (Fsp3) is 0.459. The van der Waals surface area contributed by atoms with E-state index in [9.17, 15) is 29.1 Å². The van der Waals surface area contributed by atoms with Crippen LogP contribution in [-0.4, -0.2) is 86.1 Å². The molecule has 0 spiro atoms. The first-order valence-electron chi connectivity index (χ1n) is 17.9. The second-order valence-corrected chi connectivity index (χ2v) is 14.0. The minimum atomic E-state index is -1.24. The number of guanidine groups is 1. The number of nitrogens with two attached hydrogens (primary N) is 1. The van der Waals surface area contributed by atoms with Crippen molar-refractivity contribution in [2.24, 2.45) is 17.6 Å². The predicted octanol–water partition coefficient (Wildman–Crippen LogP) is 2.46. The number of benzene rings is 2. The maximum atomic E-state index is 13.9. The number of carboxylic acids is 1. The van der Waals surface area contributed by atoms with Crippen molar-refractivity contribution < 1.29 is 29.1 Å². The molecule has 2 aromatic carbocycles. The van der Waals surface area contributed by atoms with Crippen molar-refractivity contribution in [1.29, 1.82) is 5.41 Å². The molecule has 3 rings (SSSR count). The highest BCUT2D eigenvalue weighted by Crippen LogP contribution is 2.16. The minimum Gasteiger partial charge on any atom is -0.480 e. The molecule has 0 bridgehead atoms. The van der Waals surface area contributed by atoms with Crippen LogP contribution in [0.4, 0.5) is 0 Å². The Bertz CT molecular complexity index is 1750. The summed E-state index contributed by atoms with van der Waals surface area (Å²) in [6.07, 6.45) is 1.13. The Morgan fingerprint density at radius 1 is 0.889 bits per heavy atom. The number of aromatic nitrogens is 3. The van der Waals surface area contributed by atoms with Crippen LogP contribution in [0.25, 0.3) is 5.69 Å². The molecular weight excluding hydrogens is 716 g/mol. The smallest absolute Gasteiger partial charge is 0.326 e. The van der Waals surface area contributed by atoms with E-state index in [1.807, 2.05) is 20.8 Å². The number of nitrogens with one attached hydrogen (secondary N) is 6. The molecule has 1 aromatic heterocycles. The fourth-order valence-electron chi connectivity index (χ4n) is 5.58. The number of carboxylic acid groups (broad SMARTS) is 1. The molecule has 0 fully saturated rings. The van der Waals surface area contributed by atoms with Crippen molar-refractivity contribution >= 4 is 47.2 Å². The molecule has 0 saturated heterocycles. The highest BCUT2D eigenvalue weighted by molar-refractivity contribution is 6.30. The van der Waals surface area contributed by atoms with Crippen LogP contribution in [0.1, 0.15) is 75.4 Å². The van der Waals surface area contributed by atoms with Gasteiger partial charge in [-0.25, -0.2) is 14.5 Å². The van der Waals surface area contributed by atoms with Crippen LogP contribution in [0.3, 0.4) is 0 Å². The van der Waals surface area contributed by atoms with E-state index in [0.29, 0.717) is 34.9 Å². The Labute approximate surface area is 319 Å². The number of aliphatic carboxylic acids is 1. The maximum absolute atomic E-state index is 13.9. The van der Waals surface area contributed by atoms with E-state index >= 15 is 0 Å². The Morgan fingerprint density at radius 3 is 2.11 bits per heavy atom. The number of amides is 4. The average Bonchev–Trinajstić information content (AvgIpc) is 3.52. The molecule has 0 radical (unpaired) electrons. The highest BCUT2D eigenvalue weighted by atomic mass is 35.5. The van der Waals surface area contributed by atoms with Gasteiger partial charge in [0.05, 0.1) is 5.69 Å². The molecule has 0 aliphatic rings. The lowest BCUT2D eigenvalue weighted by Gasteiger charge is -2.29. The van der Waals surface area contributed by atoms with E-state index in [-0.39, 0.29) is 49.4 Å². The minimum absolute atomic E-state index is 0.0423. The van der Waals surface area contributed by atoms with Crippen LogP contribution in [-0.2, 0) is 25.6 Å². The Hall–Kier alpha value is -5.51. The van der Waals surface area contributed by atoms with Gasteiger partial charge < -0.3 is 37.4 Å². The summed E-state index contributed by atoms with van der Waals surface area (Å²) >= 11 is 6.01. The number of aryl methyl sites for hydroxylation is 1. The molecule has 3 aromatic rings. The lowest BCUT2D eigenvalue weighted by molar-refractivity contribution is -0.142. The van der Waals surface area contributed by atoms with Gasteiger partial charge in [0.2, 0.25) is 23.5 Å². The Kier molecular flexibility index (Phi) is 16.4. The number of carbonyl (C=O) groups excluding carboxylic acids is 4. The largest absolute Gasteiger partial charge is 0.480 e. The first kappa shape index (κ1) is 42.9. The van der Waals surface area contributed by atoms with Gasteiger partial charge in [0.25, 0.3) is 5.91 Å². The lowest BCUT2D eigenvalue weighted by Crippen LogP contribution is -2.59. The average molecular weight is 767 g/mol. The van der Waals surface area contributed by atoms with Gasteiger partial charge in [-0.2, -0.15) is 0 Å². The normalized spacial score (nSPS) is 13.8. The number of hydrogen-bond donors (Lipinski definition) is 8. The van der Waals surface area contributed by atoms with Crippen LogP contribution in [0.5, 0.6) is 0 Å². The second kappa shape index (κ2) is 20.7. The van der Waals surface area contributed by atoms with Crippen LogP contribution in [0, 0.1) is 24.2 Å². The van der Waals surface area contributed by atoms with Crippen molar-refractivity contribution in [3.63, 3.8) is 0 Å². The van der Waals surface area contributed by atoms with Crippen LogP contribution in [0.2, 0.25) is 5.02 Å².